The number of rotatable bonds is 1. The van der Waals surface area contributed by atoms with E-state index in [0.29, 0.717) is 5.56 Å². The van der Waals surface area contributed by atoms with Crippen molar-refractivity contribution in [2.24, 2.45) is 0 Å². The van der Waals surface area contributed by atoms with Gasteiger partial charge < -0.3 is 0 Å². The van der Waals surface area contributed by atoms with E-state index in [1.807, 2.05) is 5.10 Å². The smallest absolute Gasteiger partial charge is 0.261 e. The molecule has 1 N–H and O–H groups in total. The molecule has 0 aliphatic rings. The fraction of sp³-hybridized carbons (Fsp3) is 0.222. The van der Waals surface area contributed by atoms with Crippen LogP contribution in [0.1, 0.15) is 11.5 Å². The van der Waals surface area contributed by atoms with Gasteiger partial charge in [0.2, 0.25) is 5.82 Å². The number of halogens is 3. The van der Waals surface area contributed by atoms with Gasteiger partial charge in [0.15, 0.2) is 5.82 Å². The molecule has 0 aromatic carbocycles. The standard InChI is InChI=1S/C9H7F3N4/c1-5-2-3-6(4-13-5)7-14-8(16-15-7)9(10,11)12/h2-4H,1H3,(H,14,15,16). The van der Waals surface area contributed by atoms with Gasteiger partial charge in [-0.1, -0.05) is 0 Å². The molecule has 16 heavy (non-hydrogen) atoms. The number of hydrogen-bond acceptors (Lipinski definition) is 3. The highest BCUT2D eigenvalue weighted by atomic mass is 19.4. The number of H-pyrrole nitrogens is 1. The lowest BCUT2D eigenvalue weighted by Gasteiger charge is -1.98. The second-order valence-corrected chi connectivity index (χ2v) is 3.19. The van der Waals surface area contributed by atoms with Gasteiger partial charge in [-0.05, 0) is 19.1 Å². The van der Waals surface area contributed by atoms with Crippen molar-refractivity contribution in [1.82, 2.24) is 20.2 Å². The van der Waals surface area contributed by atoms with Crippen molar-refractivity contribution in [2.45, 2.75) is 13.1 Å². The Morgan fingerprint density at radius 2 is 2.00 bits per heavy atom. The SMILES string of the molecule is Cc1ccc(-c2n[nH]c(C(F)(F)F)n2)cn1. The topological polar surface area (TPSA) is 54.5 Å². The van der Waals surface area contributed by atoms with Gasteiger partial charge in [-0.2, -0.15) is 18.3 Å². The van der Waals surface area contributed by atoms with Gasteiger partial charge in [0.25, 0.3) is 0 Å². The summed E-state index contributed by atoms with van der Waals surface area (Å²) in [5.41, 5.74) is 1.22. The largest absolute Gasteiger partial charge is 0.451 e. The highest BCUT2D eigenvalue weighted by Crippen LogP contribution is 2.27. The summed E-state index contributed by atoms with van der Waals surface area (Å²) in [7, 11) is 0. The normalized spacial score (nSPS) is 11.8. The molecule has 0 saturated carbocycles. The van der Waals surface area contributed by atoms with Crippen molar-refractivity contribution in [2.75, 3.05) is 0 Å². The predicted molar refractivity (Wildman–Crippen MR) is 49.4 cm³/mol. The molecule has 0 radical (unpaired) electrons. The molecule has 0 fully saturated rings. The molecule has 0 unspecified atom stereocenters. The molecule has 0 spiro atoms. The molecule has 2 aromatic rings. The van der Waals surface area contributed by atoms with Crippen LogP contribution in [-0.4, -0.2) is 20.2 Å². The molecule has 0 aliphatic heterocycles. The Morgan fingerprint density at radius 3 is 2.50 bits per heavy atom. The van der Waals surface area contributed by atoms with E-state index in [2.05, 4.69) is 15.1 Å². The van der Waals surface area contributed by atoms with E-state index in [4.69, 9.17) is 0 Å². The third-order valence-corrected chi connectivity index (χ3v) is 1.92. The summed E-state index contributed by atoms with van der Waals surface area (Å²) in [5.74, 6) is -1.12. The first kappa shape index (κ1) is 10.6. The molecule has 2 heterocycles. The maximum atomic E-state index is 12.2. The molecular formula is C9H7F3N4. The third kappa shape index (κ3) is 2.02. The van der Waals surface area contributed by atoms with Crippen LogP contribution in [0, 0.1) is 6.92 Å². The van der Waals surface area contributed by atoms with Gasteiger partial charge in [0.1, 0.15) is 0 Å². The zero-order valence-electron chi connectivity index (χ0n) is 8.21. The van der Waals surface area contributed by atoms with Crippen molar-refractivity contribution in [3.63, 3.8) is 0 Å². The number of pyridine rings is 1. The minimum Gasteiger partial charge on any atom is -0.261 e. The minimum atomic E-state index is -4.51. The van der Waals surface area contributed by atoms with Gasteiger partial charge in [-0.15, -0.1) is 0 Å². The first-order valence-electron chi connectivity index (χ1n) is 4.39. The van der Waals surface area contributed by atoms with Crippen LogP contribution in [0.2, 0.25) is 0 Å². The summed E-state index contributed by atoms with van der Waals surface area (Å²) in [6, 6.07) is 3.30. The van der Waals surface area contributed by atoms with Crippen LogP contribution in [0.15, 0.2) is 18.3 Å². The zero-order chi connectivity index (χ0) is 11.8. The van der Waals surface area contributed by atoms with E-state index in [1.54, 1.807) is 19.1 Å². The summed E-state index contributed by atoms with van der Waals surface area (Å²) in [6.07, 6.45) is -3.08. The number of hydrogen-bond donors (Lipinski definition) is 1. The molecule has 0 bridgehead atoms. The van der Waals surface area contributed by atoms with Crippen molar-refractivity contribution >= 4 is 0 Å². The van der Waals surface area contributed by atoms with E-state index in [-0.39, 0.29) is 5.82 Å². The van der Waals surface area contributed by atoms with Gasteiger partial charge in [-0.25, -0.2) is 4.98 Å². The second kappa shape index (κ2) is 3.58. The van der Waals surface area contributed by atoms with E-state index in [1.165, 1.54) is 6.20 Å². The van der Waals surface area contributed by atoms with Crippen LogP contribution in [0.4, 0.5) is 13.2 Å². The molecule has 0 saturated heterocycles. The van der Waals surface area contributed by atoms with Crippen LogP contribution >= 0.6 is 0 Å². The minimum absolute atomic E-state index is 0.0141. The first-order valence-corrected chi connectivity index (χ1v) is 4.39. The summed E-state index contributed by atoms with van der Waals surface area (Å²) >= 11 is 0. The summed E-state index contributed by atoms with van der Waals surface area (Å²) in [4.78, 5) is 7.30. The fourth-order valence-corrected chi connectivity index (χ4v) is 1.12. The van der Waals surface area contributed by atoms with Crippen molar-refractivity contribution in [3.8, 4) is 11.4 Å². The van der Waals surface area contributed by atoms with Crippen LogP contribution in [0.3, 0.4) is 0 Å². The van der Waals surface area contributed by atoms with E-state index >= 15 is 0 Å². The Labute approximate surface area is 88.6 Å². The molecule has 84 valence electrons. The van der Waals surface area contributed by atoms with E-state index in [9.17, 15) is 13.2 Å². The zero-order valence-corrected chi connectivity index (χ0v) is 8.21. The highest BCUT2D eigenvalue weighted by molar-refractivity contribution is 5.52. The number of aromatic amines is 1. The van der Waals surface area contributed by atoms with Crippen LogP contribution < -0.4 is 0 Å². The number of nitrogens with one attached hydrogen (secondary N) is 1. The lowest BCUT2D eigenvalue weighted by atomic mass is 10.2. The van der Waals surface area contributed by atoms with Crippen LogP contribution in [0.25, 0.3) is 11.4 Å². The fourth-order valence-electron chi connectivity index (χ4n) is 1.12. The first-order chi connectivity index (χ1) is 7.47. The maximum absolute atomic E-state index is 12.2. The molecule has 2 rings (SSSR count). The van der Waals surface area contributed by atoms with Gasteiger partial charge >= 0.3 is 6.18 Å². The summed E-state index contributed by atoms with van der Waals surface area (Å²) in [6.45, 7) is 1.78. The van der Waals surface area contributed by atoms with Crippen LogP contribution in [0.5, 0.6) is 0 Å². The van der Waals surface area contributed by atoms with Crippen LogP contribution in [-0.2, 0) is 6.18 Å². The predicted octanol–water partition coefficient (Wildman–Crippen LogP) is 2.19. The lowest BCUT2D eigenvalue weighted by molar-refractivity contribution is -0.144. The molecule has 0 aliphatic carbocycles. The Morgan fingerprint density at radius 1 is 1.25 bits per heavy atom. The highest BCUT2D eigenvalue weighted by Gasteiger charge is 2.35. The number of aryl methyl sites for hydroxylation is 1. The quantitative estimate of drug-likeness (QED) is 0.813. The van der Waals surface area contributed by atoms with Crippen molar-refractivity contribution in [1.29, 1.82) is 0 Å². The lowest BCUT2D eigenvalue weighted by Crippen LogP contribution is -2.07. The monoisotopic (exact) mass is 228 g/mol. The van der Waals surface area contributed by atoms with Crippen molar-refractivity contribution < 1.29 is 13.2 Å². The number of nitrogens with zero attached hydrogens (tertiary/aromatic N) is 3. The van der Waals surface area contributed by atoms with Crippen molar-refractivity contribution in [3.05, 3.63) is 29.8 Å². The molecule has 0 atom stereocenters. The Balaban J connectivity index is 2.35. The Hall–Kier alpha value is -1.92. The number of aromatic nitrogens is 4. The molecule has 7 heteroatoms. The van der Waals surface area contributed by atoms with Gasteiger partial charge in [0.05, 0.1) is 0 Å². The maximum Gasteiger partial charge on any atom is 0.451 e. The number of alkyl halides is 3. The van der Waals surface area contributed by atoms with E-state index in [0.717, 1.165) is 5.69 Å². The molecule has 4 nitrogen and oxygen atoms in total. The molecule has 2 aromatic heterocycles. The Bertz CT molecular complexity index is 486. The summed E-state index contributed by atoms with van der Waals surface area (Å²) in [5, 5.41) is 5.33. The van der Waals surface area contributed by atoms with Gasteiger partial charge in [-0.3, -0.25) is 10.1 Å². The summed E-state index contributed by atoms with van der Waals surface area (Å²) < 4.78 is 36.7. The molecule has 0 amide bonds. The third-order valence-electron chi connectivity index (χ3n) is 1.92. The molecular weight excluding hydrogens is 221 g/mol. The van der Waals surface area contributed by atoms with Gasteiger partial charge in [0, 0.05) is 17.5 Å². The average Bonchev–Trinajstić information content (AvgIpc) is 2.67. The Kier molecular flexibility index (Phi) is 2.37. The second-order valence-electron chi connectivity index (χ2n) is 3.19. The van der Waals surface area contributed by atoms with E-state index < -0.39 is 12.0 Å². The average molecular weight is 228 g/mol.